The number of rotatable bonds is 15. The number of unbranched alkanes of at least 4 members (excludes halogenated alkanes) is 13. The van der Waals surface area contributed by atoms with E-state index >= 15 is 0 Å². The highest BCUT2D eigenvalue weighted by Crippen LogP contribution is 2.10. The van der Waals surface area contributed by atoms with Crippen molar-refractivity contribution in [3.63, 3.8) is 0 Å². The summed E-state index contributed by atoms with van der Waals surface area (Å²) in [6, 6.07) is 0. The summed E-state index contributed by atoms with van der Waals surface area (Å²) in [5, 5.41) is 0. The largest absolute Gasteiger partial charge is 0.0885 e. The van der Waals surface area contributed by atoms with Gasteiger partial charge in [-0.2, -0.15) is 0 Å². The first-order valence-electron chi connectivity index (χ1n) is 8.86. The average Bonchev–Trinajstić information content (AvgIpc) is 2.43. The zero-order valence-electron chi connectivity index (χ0n) is 13.5. The molecule has 0 aromatic carbocycles. The van der Waals surface area contributed by atoms with Gasteiger partial charge in [-0.3, -0.25) is 0 Å². The average molecular weight is 266 g/mol. The molecule has 0 bridgehead atoms. The summed E-state index contributed by atoms with van der Waals surface area (Å²) in [5.41, 5.74) is 0. The van der Waals surface area contributed by atoms with Crippen LogP contribution >= 0.6 is 0 Å². The number of hydrogen-bond donors (Lipinski definition) is 0. The van der Waals surface area contributed by atoms with Crippen LogP contribution in [0.15, 0.2) is 12.2 Å². The Labute approximate surface area is 123 Å². The molecule has 0 fully saturated rings. The zero-order chi connectivity index (χ0) is 14.0. The number of hydrogen-bond acceptors (Lipinski definition) is 0. The van der Waals surface area contributed by atoms with Crippen molar-refractivity contribution in [2.45, 2.75) is 103 Å². The topological polar surface area (TPSA) is 0 Å². The molecule has 0 atom stereocenters. The van der Waals surface area contributed by atoms with E-state index in [1.165, 1.54) is 89.9 Å². The van der Waals surface area contributed by atoms with Gasteiger partial charge in [0.1, 0.15) is 0 Å². The van der Waals surface area contributed by atoms with E-state index < -0.39 is 0 Å². The predicted octanol–water partition coefficient (Wildman–Crippen LogP) is 7.25. The van der Waals surface area contributed by atoms with E-state index in [0.717, 1.165) is 6.42 Å². The molecule has 0 spiro atoms. The lowest BCUT2D eigenvalue weighted by Crippen LogP contribution is -1.80. The van der Waals surface area contributed by atoms with Crippen LogP contribution in [0.3, 0.4) is 0 Å². The molecule has 19 heavy (non-hydrogen) atoms. The lowest BCUT2D eigenvalue weighted by Gasteiger charge is -2.00. The first kappa shape index (κ1) is 18.7. The van der Waals surface area contributed by atoms with Crippen molar-refractivity contribution in [2.75, 3.05) is 0 Å². The van der Waals surface area contributed by atoms with Crippen LogP contribution < -0.4 is 0 Å². The maximum atomic E-state index is 3.88. The van der Waals surface area contributed by atoms with E-state index in [2.05, 4.69) is 26.0 Å². The summed E-state index contributed by atoms with van der Waals surface area (Å²) >= 11 is 0. The monoisotopic (exact) mass is 265 g/mol. The van der Waals surface area contributed by atoms with Crippen LogP contribution in [0.1, 0.15) is 103 Å². The fourth-order valence-corrected chi connectivity index (χ4v) is 2.42. The Morgan fingerprint density at radius 2 is 1.00 bits per heavy atom. The predicted molar refractivity (Wildman–Crippen MR) is 89.4 cm³/mol. The minimum atomic E-state index is 1.11. The van der Waals surface area contributed by atoms with E-state index in [-0.39, 0.29) is 0 Å². The summed E-state index contributed by atoms with van der Waals surface area (Å²) in [6.07, 6.45) is 25.3. The molecular formula is C19H37. The van der Waals surface area contributed by atoms with Crippen LogP contribution in [0.2, 0.25) is 0 Å². The third kappa shape index (κ3) is 17.7. The van der Waals surface area contributed by atoms with Crippen LogP contribution in [0.25, 0.3) is 0 Å². The number of allylic oxidation sites excluding steroid dienone is 2. The van der Waals surface area contributed by atoms with Crippen LogP contribution in [0.4, 0.5) is 0 Å². The molecule has 0 aliphatic carbocycles. The summed E-state index contributed by atoms with van der Waals surface area (Å²) in [4.78, 5) is 0. The Balaban J connectivity index is 3.00. The minimum Gasteiger partial charge on any atom is -0.0885 e. The van der Waals surface area contributed by atoms with Gasteiger partial charge in [-0.05, 0) is 25.7 Å². The molecule has 0 heteroatoms. The molecule has 0 saturated heterocycles. The standard InChI is InChI=1S/C19H37/c1-3-5-7-9-11-13-15-17-19-18-16-14-12-10-8-6-4-2/h15,17H,1,3-14,16,18-19H2,2H3/b17-15-. The maximum absolute atomic E-state index is 3.88. The molecule has 0 unspecified atom stereocenters. The second kappa shape index (κ2) is 17.7. The SMILES string of the molecule is [CH2]CCCCCC/C=C\CCCCCCCCCC. The molecule has 0 aliphatic rings. The van der Waals surface area contributed by atoms with Crippen LogP contribution in [-0.4, -0.2) is 0 Å². The first-order chi connectivity index (χ1) is 9.41. The fourth-order valence-electron chi connectivity index (χ4n) is 2.42. The second-order valence-corrected chi connectivity index (χ2v) is 5.79. The lowest BCUT2D eigenvalue weighted by atomic mass is 10.1. The van der Waals surface area contributed by atoms with E-state index in [0.29, 0.717) is 0 Å². The van der Waals surface area contributed by atoms with Crippen molar-refractivity contribution in [1.82, 2.24) is 0 Å². The highest BCUT2D eigenvalue weighted by atomic mass is 14.0. The van der Waals surface area contributed by atoms with Gasteiger partial charge in [-0.1, -0.05) is 96.6 Å². The van der Waals surface area contributed by atoms with Gasteiger partial charge >= 0.3 is 0 Å². The van der Waals surface area contributed by atoms with Gasteiger partial charge in [0.05, 0.1) is 0 Å². The van der Waals surface area contributed by atoms with Gasteiger partial charge in [-0.15, -0.1) is 0 Å². The molecule has 0 aliphatic heterocycles. The van der Waals surface area contributed by atoms with Crippen molar-refractivity contribution < 1.29 is 0 Å². The van der Waals surface area contributed by atoms with E-state index in [1.54, 1.807) is 0 Å². The van der Waals surface area contributed by atoms with Crippen molar-refractivity contribution in [2.24, 2.45) is 0 Å². The highest BCUT2D eigenvalue weighted by Gasteiger charge is 1.90. The Hall–Kier alpha value is -0.260. The Morgan fingerprint density at radius 1 is 0.579 bits per heavy atom. The third-order valence-electron chi connectivity index (χ3n) is 3.76. The van der Waals surface area contributed by atoms with Gasteiger partial charge in [0.2, 0.25) is 0 Å². The Bertz CT molecular complexity index is 169. The van der Waals surface area contributed by atoms with Gasteiger partial charge in [0, 0.05) is 0 Å². The van der Waals surface area contributed by atoms with Crippen LogP contribution in [-0.2, 0) is 0 Å². The smallest absolute Gasteiger partial charge is 0.0351 e. The van der Waals surface area contributed by atoms with Crippen LogP contribution in [0.5, 0.6) is 0 Å². The van der Waals surface area contributed by atoms with E-state index in [1.807, 2.05) is 0 Å². The van der Waals surface area contributed by atoms with Gasteiger partial charge < -0.3 is 0 Å². The molecule has 113 valence electrons. The molecular weight excluding hydrogens is 228 g/mol. The molecule has 0 nitrogen and oxygen atoms in total. The van der Waals surface area contributed by atoms with Gasteiger partial charge in [0.15, 0.2) is 0 Å². The quantitative estimate of drug-likeness (QED) is 0.216. The molecule has 1 radical (unpaired) electrons. The Morgan fingerprint density at radius 3 is 1.47 bits per heavy atom. The zero-order valence-corrected chi connectivity index (χ0v) is 13.5. The Kier molecular flexibility index (Phi) is 17.5. The van der Waals surface area contributed by atoms with Crippen molar-refractivity contribution in [3.05, 3.63) is 19.1 Å². The normalized spacial score (nSPS) is 11.5. The van der Waals surface area contributed by atoms with Crippen molar-refractivity contribution in [3.8, 4) is 0 Å². The molecule has 0 saturated carbocycles. The molecule has 0 amide bonds. The minimum absolute atomic E-state index is 1.11. The summed E-state index contributed by atoms with van der Waals surface area (Å²) in [5.74, 6) is 0. The van der Waals surface area contributed by atoms with Crippen molar-refractivity contribution in [1.29, 1.82) is 0 Å². The molecule has 0 aromatic rings. The molecule has 0 rings (SSSR count). The van der Waals surface area contributed by atoms with Gasteiger partial charge in [0.25, 0.3) is 0 Å². The molecule has 0 heterocycles. The van der Waals surface area contributed by atoms with E-state index in [9.17, 15) is 0 Å². The molecule has 0 aromatic heterocycles. The third-order valence-corrected chi connectivity index (χ3v) is 3.76. The summed E-state index contributed by atoms with van der Waals surface area (Å²) in [6.45, 7) is 6.16. The fraction of sp³-hybridized carbons (Fsp3) is 0.842. The first-order valence-corrected chi connectivity index (χ1v) is 8.86. The van der Waals surface area contributed by atoms with E-state index in [4.69, 9.17) is 0 Å². The summed E-state index contributed by atoms with van der Waals surface area (Å²) in [7, 11) is 0. The van der Waals surface area contributed by atoms with Crippen molar-refractivity contribution >= 4 is 0 Å². The lowest BCUT2D eigenvalue weighted by molar-refractivity contribution is 0.577. The molecule has 0 N–H and O–H groups in total. The van der Waals surface area contributed by atoms with Gasteiger partial charge in [-0.25, -0.2) is 0 Å². The second-order valence-electron chi connectivity index (χ2n) is 5.79. The summed E-state index contributed by atoms with van der Waals surface area (Å²) < 4.78 is 0. The maximum Gasteiger partial charge on any atom is -0.0351 e. The highest BCUT2D eigenvalue weighted by molar-refractivity contribution is 4.81. The van der Waals surface area contributed by atoms with Crippen LogP contribution in [0, 0.1) is 6.92 Å².